The van der Waals surface area contributed by atoms with Crippen molar-refractivity contribution >= 4 is 5.91 Å². The van der Waals surface area contributed by atoms with Crippen molar-refractivity contribution in [1.29, 1.82) is 0 Å². The van der Waals surface area contributed by atoms with E-state index in [2.05, 4.69) is 5.32 Å². The van der Waals surface area contributed by atoms with Crippen LogP contribution in [0.4, 0.5) is 0 Å². The Balaban J connectivity index is 2.69. The number of carbonyl (C=O) groups excluding carboxylic acids is 1. The number of ether oxygens (including phenoxy) is 1. The number of nitrogens with zero attached hydrogens (tertiary/aromatic N) is 1. The Morgan fingerprint density at radius 3 is 2.72 bits per heavy atom. The summed E-state index contributed by atoms with van der Waals surface area (Å²) < 4.78 is 5.32. The number of likely N-dealkylation sites (N-methyl/N-ethyl adjacent to an activating group) is 2. The first kappa shape index (κ1) is 14.5. The molecule has 1 unspecified atom stereocenters. The highest BCUT2D eigenvalue weighted by Gasteiger charge is 2.16. The minimum atomic E-state index is 0.0971. The van der Waals surface area contributed by atoms with Crippen molar-refractivity contribution in [3.8, 4) is 5.75 Å². The van der Waals surface area contributed by atoms with Crippen molar-refractivity contribution in [2.45, 2.75) is 19.4 Å². The summed E-state index contributed by atoms with van der Waals surface area (Å²) >= 11 is 0. The second-order valence-electron chi connectivity index (χ2n) is 4.40. The lowest BCUT2D eigenvalue weighted by Crippen LogP contribution is -2.40. The van der Waals surface area contributed by atoms with Gasteiger partial charge in [-0.15, -0.1) is 0 Å². The zero-order valence-electron chi connectivity index (χ0n) is 11.6. The lowest BCUT2D eigenvalue weighted by Gasteiger charge is -2.25. The molecule has 1 atom stereocenters. The number of benzene rings is 1. The molecular formula is C14H22N2O2. The van der Waals surface area contributed by atoms with Crippen LogP contribution in [0.3, 0.4) is 0 Å². The van der Waals surface area contributed by atoms with E-state index in [0.29, 0.717) is 6.54 Å². The third-order valence-electron chi connectivity index (χ3n) is 3.09. The molecule has 0 saturated carbocycles. The van der Waals surface area contributed by atoms with E-state index in [1.165, 1.54) is 0 Å². The van der Waals surface area contributed by atoms with Crippen LogP contribution in [0.15, 0.2) is 24.3 Å². The molecule has 0 spiro atoms. The fourth-order valence-electron chi connectivity index (χ4n) is 1.85. The molecule has 18 heavy (non-hydrogen) atoms. The number of carbonyl (C=O) groups is 1. The zero-order valence-corrected chi connectivity index (χ0v) is 11.6. The van der Waals surface area contributed by atoms with Gasteiger partial charge in [0.15, 0.2) is 0 Å². The molecule has 0 heterocycles. The van der Waals surface area contributed by atoms with E-state index >= 15 is 0 Å². The molecule has 0 saturated heterocycles. The van der Waals surface area contributed by atoms with Gasteiger partial charge >= 0.3 is 0 Å². The smallest absolute Gasteiger partial charge is 0.236 e. The normalized spacial score (nSPS) is 12.0. The van der Waals surface area contributed by atoms with Crippen molar-refractivity contribution in [1.82, 2.24) is 10.2 Å². The van der Waals surface area contributed by atoms with Gasteiger partial charge in [0.1, 0.15) is 5.75 Å². The van der Waals surface area contributed by atoms with Gasteiger partial charge in [0, 0.05) is 13.1 Å². The van der Waals surface area contributed by atoms with Gasteiger partial charge in [-0.2, -0.15) is 0 Å². The second-order valence-corrected chi connectivity index (χ2v) is 4.40. The third-order valence-corrected chi connectivity index (χ3v) is 3.09. The maximum Gasteiger partial charge on any atom is 0.236 e. The molecule has 0 radical (unpaired) electrons. The van der Waals surface area contributed by atoms with Crippen molar-refractivity contribution < 1.29 is 9.53 Å². The SMILES string of the molecule is CNCC(=O)N(C)C(C)Cc1ccccc1OC. The van der Waals surface area contributed by atoms with E-state index in [0.717, 1.165) is 17.7 Å². The molecule has 1 rings (SSSR count). The largest absolute Gasteiger partial charge is 0.496 e. The lowest BCUT2D eigenvalue weighted by atomic mass is 10.1. The minimum absolute atomic E-state index is 0.0971. The molecule has 0 aliphatic carbocycles. The van der Waals surface area contributed by atoms with E-state index in [1.807, 2.05) is 38.2 Å². The molecule has 1 N–H and O–H groups in total. The van der Waals surface area contributed by atoms with Crippen molar-refractivity contribution in [3.05, 3.63) is 29.8 Å². The van der Waals surface area contributed by atoms with E-state index in [1.54, 1.807) is 19.1 Å². The summed E-state index contributed by atoms with van der Waals surface area (Å²) in [6.45, 7) is 2.41. The summed E-state index contributed by atoms with van der Waals surface area (Å²) in [6.07, 6.45) is 0.788. The average molecular weight is 250 g/mol. The Morgan fingerprint density at radius 2 is 2.11 bits per heavy atom. The van der Waals surface area contributed by atoms with Crippen LogP contribution in [-0.4, -0.2) is 44.6 Å². The first-order valence-electron chi connectivity index (χ1n) is 6.12. The number of nitrogens with one attached hydrogen (secondary N) is 1. The number of hydrogen-bond donors (Lipinski definition) is 1. The van der Waals surface area contributed by atoms with Crippen LogP contribution in [0, 0.1) is 0 Å². The Bertz CT molecular complexity index is 393. The van der Waals surface area contributed by atoms with Crippen molar-refractivity contribution in [2.75, 3.05) is 27.7 Å². The highest BCUT2D eigenvalue weighted by Crippen LogP contribution is 2.20. The number of para-hydroxylation sites is 1. The topological polar surface area (TPSA) is 41.6 Å². The summed E-state index contributed by atoms with van der Waals surface area (Å²) in [5.41, 5.74) is 1.12. The molecule has 0 aromatic heterocycles. The first-order chi connectivity index (χ1) is 8.60. The van der Waals surface area contributed by atoms with Gasteiger partial charge in [-0.25, -0.2) is 0 Å². The van der Waals surface area contributed by atoms with E-state index in [9.17, 15) is 4.79 Å². The van der Waals surface area contributed by atoms with Gasteiger partial charge in [-0.1, -0.05) is 18.2 Å². The number of hydrogen-bond acceptors (Lipinski definition) is 3. The van der Waals surface area contributed by atoms with Crippen LogP contribution >= 0.6 is 0 Å². The summed E-state index contributed by atoms with van der Waals surface area (Å²) in [7, 11) is 5.27. The van der Waals surface area contributed by atoms with Crippen LogP contribution in [0.2, 0.25) is 0 Å². The Morgan fingerprint density at radius 1 is 1.44 bits per heavy atom. The summed E-state index contributed by atoms with van der Waals surface area (Å²) in [6, 6.07) is 8.05. The van der Waals surface area contributed by atoms with Gasteiger partial charge in [0.25, 0.3) is 0 Å². The van der Waals surface area contributed by atoms with E-state index in [4.69, 9.17) is 4.74 Å². The number of methoxy groups -OCH3 is 1. The quantitative estimate of drug-likeness (QED) is 0.827. The fourth-order valence-corrected chi connectivity index (χ4v) is 1.85. The molecule has 0 aliphatic heterocycles. The highest BCUT2D eigenvalue weighted by molar-refractivity contribution is 5.78. The van der Waals surface area contributed by atoms with Gasteiger partial charge in [0.05, 0.1) is 13.7 Å². The van der Waals surface area contributed by atoms with Crippen LogP contribution in [-0.2, 0) is 11.2 Å². The minimum Gasteiger partial charge on any atom is -0.496 e. The summed E-state index contributed by atoms with van der Waals surface area (Å²) in [5, 5.41) is 2.87. The van der Waals surface area contributed by atoms with Crippen LogP contribution < -0.4 is 10.1 Å². The molecule has 1 aromatic carbocycles. The molecule has 0 bridgehead atoms. The van der Waals surface area contributed by atoms with Gasteiger partial charge in [0.2, 0.25) is 5.91 Å². The van der Waals surface area contributed by atoms with Crippen LogP contribution in [0.1, 0.15) is 12.5 Å². The Labute approximate surface area is 109 Å². The van der Waals surface area contributed by atoms with Crippen LogP contribution in [0.5, 0.6) is 5.75 Å². The zero-order chi connectivity index (χ0) is 13.5. The molecule has 0 fully saturated rings. The summed E-state index contributed by atoms with van der Waals surface area (Å²) in [4.78, 5) is 13.5. The Hall–Kier alpha value is -1.55. The maximum absolute atomic E-state index is 11.8. The summed E-state index contributed by atoms with van der Waals surface area (Å²) in [5.74, 6) is 0.971. The predicted molar refractivity (Wildman–Crippen MR) is 72.9 cm³/mol. The molecule has 0 aliphatic rings. The molecular weight excluding hydrogens is 228 g/mol. The lowest BCUT2D eigenvalue weighted by molar-refractivity contribution is -0.130. The monoisotopic (exact) mass is 250 g/mol. The van der Waals surface area contributed by atoms with Gasteiger partial charge in [-0.05, 0) is 32.0 Å². The van der Waals surface area contributed by atoms with E-state index < -0.39 is 0 Å². The fraction of sp³-hybridized carbons (Fsp3) is 0.500. The van der Waals surface area contributed by atoms with Crippen molar-refractivity contribution in [3.63, 3.8) is 0 Å². The van der Waals surface area contributed by atoms with Crippen LogP contribution in [0.25, 0.3) is 0 Å². The average Bonchev–Trinajstić information content (AvgIpc) is 2.38. The second kappa shape index (κ2) is 7.01. The molecule has 1 aromatic rings. The van der Waals surface area contributed by atoms with E-state index in [-0.39, 0.29) is 11.9 Å². The first-order valence-corrected chi connectivity index (χ1v) is 6.12. The standard InChI is InChI=1S/C14H22N2O2/c1-11(16(3)14(17)10-15-2)9-12-7-5-6-8-13(12)18-4/h5-8,11,15H,9-10H2,1-4H3. The van der Waals surface area contributed by atoms with Crippen molar-refractivity contribution in [2.24, 2.45) is 0 Å². The number of amides is 1. The molecule has 1 amide bonds. The molecule has 4 heteroatoms. The third kappa shape index (κ3) is 3.74. The maximum atomic E-state index is 11.8. The highest BCUT2D eigenvalue weighted by atomic mass is 16.5. The van der Waals surface area contributed by atoms with Gasteiger partial charge < -0.3 is 15.0 Å². The number of rotatable bonds is 6. The van der Waals surface area contributed by atoms with Gasteiger partial charge in [-0.3, -0.25) is 4.79 Å². The molecule has 4 nitrogen and oxygen atoms in total. The molecule has 100 valence electrons. The predicted octanol–water partition coefficient (Wildman–Crippen LogP) is 1.30. The Kier molecular flexibility index (Phi) is 5.65.